The van der Waals surface area contributed by atoms with Gasteiger partial charge in [-0.3, -0.25) is 0 Å². The molecule has 28 heavy (non-hydrogen) atoms. The quantitative estimate of drug-likeness (QED) is 0.707. The van der Waals surface area contributed by atoms with E-state index in [4.69, 9.17) is 9.26 Å². The number of hydrogen-bond donors (Lipinski definition) is 1. The molecular weight excluding hydrogens is 356 g/mol. The highest BCUT2D eigenvalue weighted by Gasteiger charge is 2.34. The fourth-order valence-corrected chi connectivity index (χ4v) is 3.34. The first kappa shape index (κ1) is 18.0. The van der Waals surface area contributed by atoms with Crippen molar-refractivity contribution in [2.75, 3.05) is 18.5 Å². The number of aromatic nitrogens is 2. The van der Waals surface area contributed by atoms with Gasteiger partial charge in [-0.25, -0.2) is 4.79 Å². The normalized spacial score (nSPS) is 16.2. The number of benzene rings is 2. The number of rotatable bonds is 5. The predicted octanol–water partition coefficient (Wildman–Crippen LogP) is 4.50. The summed E-state index contributed by atoms with van der Waals surface area (Å²) in [5, 5.41) is 7.01. The van der Waals surface area contributed by atoms with Crippen LogP contribution in [-0.4, -0.2) is 34.2 Å². The lowest BCUT2D eigenvalue weighted by Crippen LogP contribution is -2.34. The molecule has 1 aliphatic heterocycles. The number of hydrogen-bond acceptors (Lipinski definition) is 5. The van der Waals surface area contributed by atoms with Crippen LogP contribution in [0.15, 0.2) is 59.1 Å². The number of urea groups is 1. The lowest BCUT2D eigenvalue weighted by atomic mass is 10.2. The van der Waals surface area contributed by atoms with Crippen LogP contribution >= 0.6 is 0 Å². The summed E-state index contributed by atoms with van der Waals surface area (Å²) in [5.74, 6) is 1.78. The molecule has 1 N–H and O–H groups in total. The van der Waals surface area contributed by atoms with Crippen LogP contribution in [0.5, 0.6) is 5.75 Å². The summed E-state index contributed by atoms with van der Waals surface area (Å²) in [6.07, 6.45) is 1.69. The molecule has 7 nitrogen and oxygen atoms in total. The molecule has 7 heteroatoms. The molecule has 144 valence electrons. The van der Waals surface area contributed by atoms with Gasteiger partial charge in [-0.1, -0.05) is 35.5 Å². The maximum atomic E-state index is 12.8. The average molecular weight is 378 g/mol. The summed E-state index contributed by atoms with van der Waals surface area (Å²) < 4.78 is 10.9. The first-order chi connectivity index (χ1) is 13.7. The monoisotopic (exact) mass is 378 g/mol. The summed E-state index contributed by atoms with van der Waals surface area (Å²) in [5.41, 5.74) is 1.61. The van der Waals surface area contributed by atoms with Crippen molar-refractivity contribution in [3.63, 3.8) is 0 Å². The van der Waals surface area contributed by atoms with E-state index in [2.05, 4.69) is 15.5 Å². The molecule has 1 atom stereocenters. The Kier molecular flexibility index (Phi) is 5.23. The molecule has 2 amide bonds. The summed E-state index contributed by atoms with van der Waals surface area (Å²) in [7, 11) is 0. The van der Waals surface area contributed by atoms with Gasteiger partial charge in [0.1, 0.15) is 11.8 Å². The van der Waals surface area contributed by atoms with Gasteiger partial charge in [-0.05, 0) is 44.0 Å². The highest BCUT2D eigenvalue weighted by molar-refractivity contribution is 5.89. The standard InChI is InChI=1S/C21H22N4O3/c1-2-27-17-12-10-16(11-13-17)22-21(26)25-14-6-9-18(25)20-23-19(24-28-20)15-7-4-3-5-8-15/h3-5,7-8,10-13,18H,2,6,9,14H2,1H3,(H,22,26). The topological polar surface area (TPSA) is 80.5 Å². The van der Waals surface area contributed by atoms with Crippen molar-refractivity contribution in [3.05, 3.63) is 60.5 Å². The molecule has 2 aromatic carbocycles. The maximum Gasteiger partial charge on any atom is 0.322 e. The zero-order valence-corrected chi connectivity index (χ0v) is 15.7. The zero-order chi connectivity index (χ0) is 19.3. The van der Waals surface area contributed by atoms with Gasteiger partial charge in [0.2, 0.25) is 11.7 Å². The second-order valence-electron chi connectivity index (χ2n) is 6.56. The van der Waals surface area contributed by atoms with Crippen molar-refractivity contribution in [1.82, 2.24) is 15.0 Å². The van der Waals surface area contributed by atoms with Crippen molar-refractivity contribution in [2.24, 2.45) is 0 Å². The van der Waals surface area contributed by atoms with E-state index in [-0.39, 0.29) is 12.1 Å². The van der Waals surface area contributed by atoms with Gasteiger partial charge in [-0.15, -0.1) is 0 Å². The minimum atomic E-state index is -0.215. The SMILES string of the molecule is CCOc1ccc(NC(=O)N2CCCC2c2nc(-c3ccccc3)no2)cc1. The van der Waals surface area contributed by atoms with Gasteiger partial charge in [0.05, 0.1) is 6.61 Å². The maximum absolute atomic E-state index is 12.8. The number of likely N-dealkylation sites (tertiary alicyclic amines) is 1. The summed E-state index contributed by atoms with van der Waals surface area (Å²) >= 11 is 0. The van der Waals surface area contributed by atoms with E-state index in [1.54, 1.807) is 4.90 Å². The Balaban J connectivity index is 1.46. The van der Waals surface area contributed by atoms with Crippen molar-refractivity contribution in [3.8, 4) is 17.1 Å². The van der Waals surface area contributed by atoms with Crippen molar-refractivity contribution in [1.29, 1.82) is 0 Å². The Morgan fingerprint density at radius 2 is 2.00 bits per heavy atom. The molecular formula is C21H22N4O3. The van der Waals surface area contributed by atoms with Crippen LogP contribution in [0.4, 0.5) is 10.5 Å². The average Bonchev–Trinajstić information content (AvgIpc) is 3.40. The Morgan fingerprint density at radius 3 is 2.75 bits per heavy atom. The van der Waals surface area contributed by atoms with Crippen molar-refractivity contribution >= 4 is 11.7 Å². The third-order valence-electron chi connectivity index (χ3n) is 4.69. The number of ether oxygens (including phenoxy) is 1. The Morgan fingerprint density at radius 1 is 1.21 bits per heavy atom. The number of carbonyl (C=O) groups excluding carboxylic acids is 1. The second-order valence-corrected chi connectivity index (χ2v) is 6.56. The minimum absolute atomic E-state index is 0.175. The minimum Gasteiger partial charge on any atom is -0.494 e. The van der Waals surface area contributed by atoms with E-state index < -0.39 is 0 Å². The Labute approximate surface area is 163 Å². The molecule has 1 aromatic heterocycles. The van der Waals surface area contributed by atoms with Crippen LogP contribution in [0, 0.1) is 0 Å². The van der Waals surface area contributed by atoms with Gasteiger partial charge >= 0.3 is 6.03 Å². The smallest absolute Gasteiger partial charge is 0.322 e. The van der Waals surface area contributed by atoms with Crippen LogP contribution < -0.4 is 10.1 Å². The number of amides is 2. The molecule has 1 aliphatic rings. The van der Waals surface area contributed by atoms with Gasteiger partial charge in [0.15, 0.2) is 0 Å². The largest absolute Gasteiger partial charge is 0.494 e. The first-order valence-corrected chi connectivity index (χ1v) is 9.44. The lowest BCUT2D eigenvalue weighted by Gasteiger charge is -2.22. The van der Waals surface area contributed by atoms with Crippen molar-refractivity contribution in [2.45, 2.75) is 25.8 Å². The molecule has 0 radical (unpaired) electrons. The molecule has 0 spiro atoms. The highest BCUT2D eigenvalue weighted by atomic mass is 16.5. The predicted molar refractivity (Wildman–Crippen MR) is 105 cm³/mol. The van der Waals surface area contributed by atoms with E-state index in [1.165, 1.54) is 0 Å². The van der Waals surface area contributed by atoms with Gasteiger partial charge in [0.25, 0.3) is 0 Å². The highest BCUT2D eigenvalue weighted by Crippen LogP contribution is 2.32. The third-order valence-corrected chi connectivity index (χ3v) is 4.69. The second kappa shape index (κ2) is 8.12. The molecule has 1 saturated heterocycles. The van der Waals surface area contributed by atoms with Crippen LogP contribution in [0.25, 0.3) is 11.4 Å². The number of nitrogens with one attached hydrogen (secondary N) is 1. The Bertz CT molecular complexity index is 924. The van der Waals surface area contributed by atoms with E-state index in [1.807, 2.05) is 61.5 Å². The molecule has 1 fully saturated rings. The molecule has 0 aliphatic carbocycles. The van der Waals surface area contributed by atoms with E-state index in [9.17, 15) is 4.79 Å². The third kappa shape index (κ3) is 3.83. The number of anilines is 1. The molecule has 1 unspecified atom stereocenters. The summed E-state index contributed by atoms with van der Waals surface area (Å²) in [6.45, 7) is 3.19. The van der Waals surface area contributed by atoms with Gasteiger partial charge in [0, 0.05) is 17.8 Å². The molecule has 3 aromatic rings. The van der Waals surface area contributed by atoms with Crippen LogP contribution in [0.1, 0.15) is 31.7 Å². The van der Waals surface area contributed by atoms with E-state index in [0.717, 1.165) is 29.8 Å². The number of carbonyl (C=O) groups is 1. The summed E-state index contributed by atoms with van der Waals surface area (Å²) in [4.78, 5) is 19.0. The molecule has 0 saturated carbocycles. The van der Waals surface area contributed by atoms with Crippen molar-refractivity contribution < 1.29 is 14.1 Å². The Hall–Kier alpha value is -3.35. The van der Waals surface area contributed by atoms with E-state index in [0.29, 0.717) is 24.9 Å². The summed E-state index contributed by atoms with van der Waals surface area (Å²) in [6, 6.07) is 16.6. The zero-order valence-electron chi connectivity index (χ0n) is 15.7. The molecule has 2 heterocycles. The van der Waals surface area contributed by atoms with E-state index >= 15 is 0 Å². The van der Waals surface area contributed by atoms with Crippen LogP contribution in [0.2, 0.25) is 0 Å². The van der Waals surface area contributed by atoms with Gasteiger partial charge < -0.3 is 19.5 Å². The van der Waals surface area contributed by atoms with Crippen LogP contribution in [0.3, 0.4) is 0 Å². The molecule has 4 rings (SSSR count). The lowest BCUT2D eigenvalue weighted by molar-refractivity contribution is 0.193. The number of nitrogens with zero attached hydrogens (tertiary/aromatic N) is 3. The van der Waals surface area contributed by atoms with Crippen LogP contribution in [-0.2, 0) is 0 Å². The van der Waals surface area contributed by atoms with Gasteiger partial charge in [-0.2, -0.15) is 4.98 Å². The molecule has 0 bridgehead atoms. The fourth-order valence-electron chi connectivity index (χ4n) is 3.34. The first-order valence-electron chi connectivity index (χ1n) is 9.44. The fraction of sp³-hybridized carbons (Fsp3) is 0.286.